The van der Waals surface area contributed by atoms with Gasteiger partial charge in [-0.3, -0.25) is 9.36 Å². The number of halogens is 2. The molecule has 0 fully saturated rings. The quantitative estimate of drug-likeness (QED) is 0.378. The molecule has 4 rings (SSSR count). The maximum atomic E-state index is 13.5. The number of thiazole rings is 1. The van der Waals surface area contributed by atoms with Gasteiger partial charge in [0.1, 0.15) is 16.5 Å². The number of nitrogens with zero attached hydrogens (tertiary/aromatic N) is 2. The summed E-state index contributed by atoms with van der Waals surface area (Å²) >= 11 is 13.1. The Kier molecular flexibility index (Phi) is 7.15. The van der Waals surface area contributed by atoms with Crippen molar-refractivity contribution >= 4 is 55.4 Å². The van der Waals surface area contributed by atoms with Gasteiger partial charge in [0.2, 0.25) is 9.84 Å². The van der Waals surface area contributed by atoms with Crippen molar-refractivity contribution in [3.8, 4) is 17.5 Å². The van der Waals surface area contributed by atoms with Gasteiger partial charge in [-0.1, -0.05) is 53.5 Å². The molecule has 0 amide bonds. The summed E-state index contributed by atoms with van der Waals surface area (Å²) in [5, 5.41) is 10.0. The van der Waals surface area contributed by atoms with Crippen LogP contribution in [0.4, 0.5) is 0 Å². The monoisotopic (exact) mass is 542 g/mol. The number of hydrogen-bond donors (Lipinski definition) is 0. The molecule has 0 saturated carbocycles. The van der Waals surface area contributed by atoms with Gasteiger partial charge in [-0.15, -0.1) is 11.3 Å². The molecule has 0 spiro atoms. The lowest BCUT2D eigenvalue weighted by molar-refractivity contribution is 0.415. The Morgan fingerprint density at radius 3 is 2.37 bits per heavy atom. The minimum absolute atomic E-state index is 0.0421. The number of ether oxygens (including phenoxy) is 1. The van der Waals surface area contributed by atoms with Crippen molar-refractivity contribution in [1.29, 1.82) is 5.26 Å². The van der Waals surface area contributed by atoms with E-state index in [4.69, 9.17) is 27.9 Å². The molecule has 176 valence electrons. The third-order valence-electron chi connectivity index (χ3n) is 5.00. The number of aromatic nitrogens is 1. The fourth-order valence-corrected chi connectivity index (χ4v) is 6.70. The first kappa shape index (κ1) is 24.8. The third-order valence-corrected chi connectivity index (χ3v) is 8.64. The Balaban J connectivity index is 2.09. The molecule has 0 aliphatic heterocycles. The smallest absolute Gasteiger partial charge is 0.273 e. The molecule has 6 nitrogen and oxygen atoms in total. The van der Waals surface area contributed by atoms with Crippen molar-refractivity contribution in [2.45, 2.75) is 4.90 Å². The van der Waals surface area contributed by atoms with Crippen molar-refractivity contribution in [2.75, 3.05) is 7.11 Å². The predicted octanol–water partition coefficient (Wildman–Crippen LogP) is 4.15. The molecular weight excluding hydrogens is 527 g/mol. The summed E-state index contributed by atoms with van der Waals surface area (Å²) in [6.07, 6.45) is 1.63. The first-order valence-electron chi connectivity index (χ1n) is 10.0. The average molecular weight is 543 g/mol. The number of hydrogen-bond acceptors (Lipinski definition) is 6. The van der Waals surface area contributed by atoms with Gasteiger partial charge in [-0.25, -0.2) is 8.42 Å². The highest BCUT2D eigenvalue weighted by Crippen LogP contribution is 2.29. The van der Waals surface area contributed by atoms with Crippen LogP contribution in [0.5, 0.6) is 5.75 Å². The molecule has 0 unspecified atom stereocenters. The summed E-state index contributed by atoms with van der Waals surface area (Å²) in [7, 11) is -2.86. The SMILES string of the molecule is COc1ccc(/C=c2\s/c(=C(/C#N)S(=O)(=O)c3cc(Cl)ccc3Cl)n(-c3ccccc3)c2=O)cc1. The Bertz CT molecular complexity index is 1740. The molecule has 0 N–H and O–H groups in total. The van der Waals surface area contributed by atoms with E-state index >= 15 is 0 Å². The molecule has 0 aliphatic rings. The minimum Gasteiger partial charge on any atom is -0.497 e. The topological polar surface area (TPSA) is 89.2 Å². The molecule has 35 heavy (non-hydrogen) atoms. The molecule has 1 heterocycles. The average Bonchev–Trinajstić information content (AvgIpc) is 3.17. The molecule has 0 aliphatic carbocycles. The second kappa shape index (κ2) is 10.1. The van der Waals surface area contributed by atoms with E-state index in [1.54, 1.807) is 73.9 Å². The van der Waals surface area contributed by atoms with Gasteiger partial charge in [-0.05, 0) is 54.1 Å². The summed E-state index contributed by atoms with van der Waals surface area (Å²) in [5.74, 6) is 0.653. The summed E-state index contributed by atoms with van der Waals surface area (Å²) in [6, 6.07) is 21.3. The van der Waals surface area contributed by atoms with Gasteiger partial charge in [0.05, 0.1) is 27.2 Å². The van der Waals surface area contributed by atoms with Crippen molar-refractivity contribution in [3.05, 3.63) is 108 Å². The van der Waals surface area contributed by atoms with Crippen LogP contribution >= 0.6 is 34.5 Å². The second-order valence-corrected chi connectivity index (χ2v) is 10.9. The Labute approximate surface area is 215 Å². The molecule has 1 aromatic heterocycles. The summed E-state index contributed by atoms with van der Waals surface area (Å²) in [6.45, 7) is 0. The van der Waals surface area contributed by atoms with Crippen LogP contribution in [0.2, 0.25) is 10.0 Å². The maximum absolute atomic E-state index is 13.5. The molecule has 3 aromatic carbocycles. The van der Waals surface area contributed by atoms with E-state index in [1.165, 1.54) is 22.8 Å². The summed E-state index contributed by atoms with van der Waals surface area (Å²) < 4.78 is 33.7. The fraction of sp³-hybridized carbons (Fsp3) is 0.0400. The van der Waals surface area contributed by atoms with Crippen LogP contribution in [-0.2, 0) is 9.84 Å². The van der Waals surface area contributed by atoms with Crippen LogP contribution in [-0.4, -0.2) is 20.1 Å². The van der Waals surface area contributed by atoms with Crippen LogP contribution < -0.4 is 19.5 Å². The Hall–Kier alpha value is -3.35. The lowest BCUT2D eigenvalue weighted by atomic mass is 10.2. The first-order chi connectivity index (χ1) is 16.8. The van der Waals surface area contributed by atoms with Crippen LogP contribution in [0, 0.1) is 11.3 Å². The van der Waals surface area contributed by atoms with Gasteiger partial charge in [0.15, 0.2) is 4.91 Å². The van der Waals surface area contributed by atoms with E-state index in [9.17, 15) is 18.5 Å². The molecular formula is C25H16Cl2N2O4S2. The Morgan fingerprint density at radius 2 is 1.74 bits per heavy atom. The highest BCUT2D eigenvalue weighted by Gasteiger charge is 2.27. The lowest BCUT2D eigenvalue weighted by Gasteiger charge is -2.07. The van der Waals surface area contributed by atoms with Crippen molar-refractivity contribution < 1.29 is 13.2 Å². The van der Waals surface area contributed by atoms with E-state index < -0.39 is 20.3 Å². The minimum atomic E-state index is -4.41. The number of benzene rings is 3. The van der Waals surface area contributed by atoms with Gasteiger partial charge in [0.25, 0.3) is 5.56 Å². The normalized spacial score (nSPS) is 12.8. The van der Waals surface area contributed by atoms with Crippen LogP contribution in [0.25, 0.3) is 16.7 Å². The summed E-state index contributed by atoms with van der Waals surface area (Å²) in [5.41, 5.74) is 0.653. The van der Waals surface area contributed by atoms with Crippen LogP contribution in [0.3, 0.4) is 0 Å². The van der Waals surface area contributed by atoms with E-state index in [1.807, 2.05) is 0 Å². The Morgan fingerprint density at radius 1 is 1.06 bits per heavy atom. The molecule has 0 radical (unpaired) electrons. The van der Waals surface area contributed by atoms with Gasteiger partial charge < -0.3 is 4.74 Å². The zero-order valence-corrected chi connectivity index (χ0v) is 21.3. The van der Waals surface area contributed by atoms with Crippen molar-refractivity contribution in [1.82, 2.24) is 4.57 Å². The molecule has 4 aromatic rings. The lowest BCUT2D eigenvalue weighted by Crippen LogP contribution is -2.31. The number of methoxy groups -OCH3 is 1. The molecule has 0 saturated heterocycles. The highest BCUT2D eigenvalue weighted by molar-refractivity contribution is 8.00. The largest absolute Gasteiger partial charge is 0.497 e. The molecule has 0 bridgehead atoms. The number of sulfone groups is 1. The molecule has 0 atom stereocenters. The fourth-order valence-electron chi connectivity index (χ4n) is 3.31. The first-order valence-corrected chi connectivity index (χ1v) is 13.1. The zero-order valence-electron chi connectivity index (χ0n) is 18.1. The number of para-hydroxylation sites is 1. The van der Waals surface area contributed by atoms with Gasteiger partial charge in [-0.2, -0.15) is 5.26 Å². The van der Waals surface area contributed by atoms with E-state index in [0.717, 1.165) is 11.3 Å². The number of rotatable bonds is 5. The van der Waals surface area contributed by atoms with E-state index in [2.05, 4.69) is 0 Å². The highest BCUT2D eigenvalue weighted by atomic mass is 35.5. The van der Waals surface area contributed by atoms with Crippen LogP contribution in [0.1, 0.15) is 5.56 Å². The van der Waals surface area contributed by atoms with E-state index in [-0.39, 0.29) is 24.1 Å². The van der Waals surface area contributed by atoms with Crippen molar-refractivity contribution in [3.63, 3.8) is 0 Å². The standard InChI is InChI=1S/C25H16Cl2N2O4S2/c1-33-19-10-7-16(8-11-19)13-21-24(30)29(18-5-3-2-4-6-18)25(34-21)23(15-28)35(31,32)22-14-17(26)9-12-20(22)27/h2-14H,1H3/b21-13-,25-23-. The van der Waals surface area contributed by atoms with Crippen LogP contribution in [0.15, 0.2) is 82.5 Å². The summed E-state index contributed by atoms with van der Waals surface area (Å²) in [4.78, 5) is 12.6. The van der Waals surface area contributed by atoms with Gasteiger partial charge >= 0.3 is 0 Å². The second-order valence-electron chi connectivity index (χ2n) is 7.18. The van der Waals surface area contributed by atoms with Crippen molar-refractivity contribution in [2.24, 2.45) is 0 Å². The van der Waals surface area contributed by atoms with Gasteiger partial charge in [0, 0.05) is 5.02 Å². The molecule has 10 heteroatoms. The number of nitriles is 1. The third kappa shape index (κ3) is 4.90. The maximum Gasteiger partial charge on any atom is 0.273 e. The predicted molar refractivity (Wildman–Crippen MR) is 138 cm³/mol. The van der Waals surface area contributed by atoms with E-state index in [0.29, 0.717) is 17.0 Å². The zero-order chi connectivity index (χ0) is 25.2.